The minimum atomic E-state index is -4.50. The molecule has 198 valence electrons. The van der Waals surface area contributed by atoms with E-state index in [2.05, 4.69) is 24.8 Å². The molecule has 9 nitrogen and oxygen atoms in total. The first-order valence-electron chi connectivity index (χ1n) is 11.8. The molecular weight excluding hydrogens is 489 g/mol. The molecule has 1 aliphatic rings. The summed E-state index contributed by atoms with van der Waals surface area (Å²) in [5.41, 5.74) is 1.42. The molecule has 3 heterocycles. The van der Waals surface area contributed by atoms with E-state index in [-0.39, 0.29) is 24.7 Å². The molecule has 1 aliphatic heterocycles. The van der Waals surface area contributed by atoms with E-state index < -0.39 is 24.6 Å². The number of H-pyrrole nitrogens is 1. The van der Waals surface area contributed by atoms with Crippen LogP contribution in [0.2, 0.25) is 0 Å². The topological polar surface area (TPSA) is 109 Å². The Morgan fingerprint density at radius 3 is 2.35 bits per heavy atom. The summed E-state index contributed by atoms with van der Waals surface area (Å²) in [5, 5.41) is 18.4. The summed E-state index contributed by atoms with van der Waals surface area (Å²) >= 11 is 0. The van der Waals surface area contributed by atoms with Crippen LogP contribution < -0.4 is 9.80 Å². The van der Waals surface area contributed by atoms with Gasteiger partial charge in [-0.05, 0) is 29.8 Å². The number of aliphatic hydroxyl groups excluding tert-OH is 2. The number of rotatable bonds is 8. The van der Waals surface area contributed by atoms with Crippen LogP contribution in [-0.2, 0) is 17.4 Å². The van der Waals surface area contributed by atoms with E-state index in [0.29, 0.717) is 5.56 Å². The van der Waals surface area contributed by atoms with Gasteiger partial charge in [-0.1, -0.05) is 12.1 Å². The van der Waals surface area contributed by atoms with Crippen molar-refractivity contribution in [1.82, 2.24) is 19.9 Å². The van der Waals surface area contributed by atoms with Gasteiger partial charge in [-0.3, -0.25) is 4.79 Å². The number of halogens is 3. The predicted octanol–water partition coefficient (Wildman–Crippen LogP) is 2.17. The number of likely N-dealkylation sites (N-methyl/N-ethyl adjacent to an activating group) is 1. The number of aliphatic hydroxyl groups is 2. The van der Waals surface area contributed by atoms with Crippen LogP contribution in [0.3, 0.4) is 0 Å². The number of alkyl halides is 3. The lowest BCUT2D eigenvalue weighted by atomic mass is 10.1. The maximum absolute atomic E-state index is 12.8. The highest BCUT2D eigenvalue weighted by atomic mass is 19.4. The van der Waals surface area contributed by atoms with Crippen molar-refractivity contribution in [3.05, 3.63) is 60.0 Å². The second-order valence-electron chi connectivity index (χ2n) is 8.97. The second kappa shape index (κ2) is 11.2. The van der Waals surface area contributed by atoms with Crippen molar-refractivity contribution in [2.75, 3.05) is 56.2 Å². The molecule has 1 aromatic carbocycles. The first kappa shape index (κ1) is 26.4. The first-order chi connectivity index (χ1) is 17.6. The van der Waals surface area contributed by atoms with Crippen molar-refractivity contribution in [2.45, 2.75) is 18.7 Å². The van der Waals surface area contributed by atoms with Gasteiger partial charge in [0, 0.05) is 63.4 Å². The van der Waals surface area contributed by atoms with Crippen LogP contribution in [-0.4, -0.2) is 88.5 Å². The lowest BCUT2D eigenvalue weighted by Gasteiger charge is -2.36. The van der Waals surface area contributed by atoms with E-state index in [1.807, 2.05) is 24.3 Å². The summed E-state index contributed by atoms with van der Waals surface area (Å²) in [5.74, 6) is 0.728. The molecule has 0 unspecified atom stereocenters. The van der Waals surface area contributed by atoms with Crippen molar-refractivity contribution in [1.29, 1.82) is 0 Å². The zero-order chi connectivity index (χ0) is 26.6. The van der Waals surface area contributed by atoms with Gasteiger partial charge in [0.15, 0.2) is 5.69 Å². The molecule has 12 heteroatoms. The maximum atomic E-state index is 12.8. The molecule has 37 heavy (non-hydrogen) atoms. The number of piperazine rings is 1. The fourth-order valence-corrected chi connectivity index (χ4v) is 4.13. The molecule has 2 aromatic heterocycles. The minimum absolute atomic E-state index is 0.0805. The van der Waals surface area contributed by atoms with Gasteiger partial charge < -0.3 is 29.9 Å². The minimum Gasteiger partial charge on any atom is -0.394 e. The Morgan fingerprint density at radius 2 is 1.78 bits per heavy atom. The Morgan fingerprint density at radius 1 is 1.11 bits per heavy atom. The molecule has 0 saturated carbocycles. The number of carbonyl (C=O) groups excluding carboxylic acids is 1. The number of hydrogen-bond acceptors (Lipinski definition) is 7. The third-order valence-corrected chi connectivity index (χ3v) is 6.27. The van der Waals surface area contributed by atoms with Gasteiger partial charge in [0.1, 0.15) is 11.6 Å². The number of nitrogens with zero attached hydrogens (tertiary/aromatic N) is 5. The van der Waals surface area contributed by atoms with Gasteiger partial charge in [-0.15, -0.1) is 0 Å². The number of amides is 1. The summed E-state index contributed by atoms with van der Waals surface area (Å²) in [6, 6.07) is 11.3. The largest absolute Gasteiger partial charge is 0.434 e. The van der Waals surface area contributed by atoms with Crippen LogP contribution in [0.15, 0.2) is 48.8 Å². The monoisotopic (exact) mass is 518 g/mol. The Balaban J connectivity index is 1.29. The lowest BCUT2D eigenvalue weighted by Crippen LogP contribution is -2.46. The molecule has 1 saturated heterocycles. The summed E-state index contributed by atoms with van der Waals surface area (Å²) in [4.78, 5) is 28.7. The number of carbonyl (C=O) groups is 1. The van der Waals surface area contributed by atoms with E-state index >= 15 is 0 Å². The quantitative estimate of drug-likeness (QED) is 0.420. The van der Waals surface area contributed by atoms with Crippen LogP contribution in [0.4, 0.5) is 24.7 Å². The third-order valence-electron chi connectivity index (χ3n) is 6.27. The van der Waals surface area contributed by atoms with E-state index in [0.717, 1.165) is 49.4 Å². The molecule has 3 N–H and O–H groups in total. The van der Waals surface area contributed by atoms with Crippen molar-refractivity contribution >= 4 is 17.4 Å². The zero-order valence-corrected chi connectivity index (χ0v) is 20.3. The molecule has 0 radical (unpaired) electrons. The molecule has 1 atom stereocenters. The van der Waals surface area contributed by atoms with Crippen molar-refractivity contribution < 1.29 is 28.2 Å². The highest BCUT2D eigenvalue weighted by Gasteiger charge is 2.33. The number of anilines is 2. The van der Waals surface area contributed by atoms with Crippen molar-refractivity contribution in [3.63, 3.8) is 0 Å². The number of imidazole rings is 1. The standard InChI is InChI=1S/C25H29F3N6O3/c1-32(15-20(36)16-35)23(37)12-17-2-5-19(6-3-17)33-8-10-34(11-9-33)22-7-4-18(13-29-22)24-30-14-21(31-24)25(26,27)28/h2-7,13-14,20,35-36H,8-12,15-16H2,1H3,(H,30,31)/t20-/m0/s1. The Bertz CT molecular complexity index is 1180. The number of hydrogen-bond donors (Lipinski definition) is 3. The molecule has 0 bridgehead atoms. The average Bonchev–Trinajstić information content (AvgIpc) is 3.40. The van der Waals surface area contributed by atoms with Crippen LogP contribution in [0.1, 0.15) is 11.3 Å². The van der Waals surface area contributed by atoms with Gasteiger partial charge >= 0.3 is 6.18 Å². The smallest absolute Gasteiger partial charge is 0.394 e. The fourth-order valence-electron chi connectivity index (χ4n) is 4.13. The van der Waals surface area contributed by atoms with Crippen LogP contribution in [0.25, 0.3) is 11.4 Å². The highest BCUT2D eigenvalue weighted by molar-refractivity contribution is 5.78. The van der Waals surface area contributed by atoms with Crippen molar-refractivity contribution in [3.8, 4) is 11.4 Å². The first-order valence-corrected chi connectivity index (χ1v) is 11.8. The highest BCUT2D eigenvalue weighted by Crippen LogP contribution is 2.29. The SMILES string of the molecule is CN(C[C@H](O)CO)C(=O)Cc1ccc(N2CCN(c3ccc(-c4nc(C(F)(F)F)c[nH]4)cn3)CC2)cc1. The summed E-state index contributed by atoms with van der Waals surface area (Å²) in [7, 11) is 1.60. The molecular formula is C25H29F3N6O3. The Hall–Kier alpha value is -3.64. The van der Waals surface area contributed by atoms with Gasteiger partial charge in [-0.25, -0.2) is 9.97 Å². The summed E-state index contributed by atoms with van der Waals surface area (Å²) < 4.78 is 38.4. The normalized spacial score (nSPS) is 15.1. The lowest BCUT2D eigenvalue weighted by molar-refractivity contribution is -0.140. The van der Waals surface area contributed by atoms with E-state index in [4.69, 9.17) is 5.11 Å². The number of aromatic nitrogens is 3. The number of pyridine rings is 1. The molecule has 0 spiro atoms. The summed E-state index contributed by atoms with van der Waals surface area (Å²) in [6.45, 7) is 2.66. The number of aromatic amines is 1. The predicted molar refractivity (Wildman–Crippen MR) is 132 cm³/mol. The Labute approximate surface area is 212 Å². The third kappa shape index (κ3) is 6.57. The average molecular weight is 519 g/mol. The van der Waals surface area contributed by atoms with Crippen LogP contribution >= 0.6 is 0 Å². The van der Waals surface area contributed by atoms with Gasteiger partial charge in [0.25, 0.3) is 0 Å². The summed E-state index contributed by atoms with van der Waals surface area (Å²) in [6.07, 6.45) is -2.88. The fraction of sp³-hybridized carbons (Fsp3) is 0.400. The zero-order valence-electron chi connectivity index (χ0n) is 20.3. The van der Waals surface area contributed by atoms with Crippen LogP contribution in [0.5, 0.6) is 0 Å². The maximum Gasteiger partial charge on any atom is 0.434 e. The van der Waals surface area contributed by atoms with E-state index in [1.54, 1.807) is 19.2 Å². The van der Waals surface area contributed by atoms with E-state index in [1.165, 1.54) is 11.1 Å². The Kier molecular flexibility index (Phi) is 7.98. The molecule has 1 amide bonds. The van der Waals surface area contributed by atoms with Gasteiger partial charge in [-0.2, -0.15) is 13.2 Å². The molecule has 1 fully saturated rings. The molecule has 0 aliphatic carbocycles. The van der Waals surface area contributed by atoms with Crippen molar-refractivity contribution in [2.24, 2.45) is 0 Å². The number of nitrogens with one attached hydrogen (secondary N) is 1. The molecule has 3 aromatic rings. The van der Waals surface area contributed by atoms with Gasteiger partial charge in [0.05, 0.1) is 19.1 Å². The second-order valence-corrected chi connectivity index (χ2v) is 8.97. The van der Waals surface area contributed by atoms with E-state index in [9.17, 15) is 23.1 Å². The van der Waals surface area contributed by atoms with Crippen LogP contribution in [0, 0.1) is 0 Å². The van der Waals surface area contributed by atoms with Gasteiger partial charge in [0.2, 0.25) is 5.91 Å². The number of benzene rings is 1. The molecule has 4 rings (SSSR count).